The Balaban J connectivity index is 1.55. The van der Waals surface area contributed by atoms with Gasteiger partial charge in [-0.05, 0) is 63.0 Å². The van der Waals surface area contributed by atoms with Gasteiger partial charge in [-0.3, -0.25) is 9.59 Å². The summed E-state index contributed by atoms with van der Waals surface area (Å²) in [6.45, 7) is 4.00. The normalized spacial score (nSPS) is 26.7. The van der Waals surface area contributed by atoms with Crippen molar-refractivity contribution in [2.45, 2.75) is 45.6 Å². The average molecular weight is 325 g/mol. The molecule has 2 aliphatic rings. The van der Waals surface area contributed by atoms with Crippen molar-refractivity contribution in [3.8, 4) is 0 Å². The highest BCUT2D eigenvalue weighted by atomic mass is 16.3. The number of aryl methyl sites for hydroxylation is 1. The van der Waals surface area contributed by atoms with Gasteiger partial charge in [-0.1, -0.05) is 18.1 Å². The lowest BCUT2D eigenvalue weighted by Gasteiger charge is -2.28. The van der Waals surface area contributed by atoms with Crippen LogP contribution in [0.4, 0.5) is 0 Å². The highest BCUT2D eigenvalue weighted by Gasteiger charge is 2.42. The molecule has 2 fully saturated rings. The van der Waals surface area contributed by atoms with Crippen LogP contribution in [0, 0.1) is 24.7 Å². The third-order valence-corrected chi connectivity index (χ3v) is 5.90. The fraction of sp³-hybridized carbons (Fsp3) is 0.500. The fourth-order valence-corrected chi connectivity index (χ4v) is 4.67. The zero-order valence-corrected chi connectivity index (χ0v) is 14.2. The van der Waals surface area contributed by atoms with Crippen LogP contribution in [0.5, 0.6) is 0 Å². The van der Waals surface area contributed by atoms with Crippen LogP contribution in [0.2, 0.25) is 0 Å². The van der Waals surface area contributed by atoms with Crippen molar-refractivity contribution in [2.24, 2.45) is 17.8 Å². The topological polar surface area (TPSA) is 59.3 Å². The molecule has 0 spiro atoms. The molecule has 126 valence electrons. The second-order valence-electron chi connectivity index (χ2n) is 7.58. The molecule has 4 nitrogen and oxygen atoms in total. The van der Waals surface area contributed by atoms with Crippen LogP contribution in [0.3, 0.4) is 0 Å². The van der Waals surface area contributed by atoms with E-state index in [4.69, 9.17) is 4.42 Å². The number of carbonyl (C=O) groups is 1. The van der Waals surface area contributed by atoms with E-state index in [0.717, 1.165) is 17.4 Å². The molecular weight excluding hydrogens is 302 g/mol. The van der Waals surface area contributed by atoms with Crippen molar-refractivity contribution >= 4 is 16.9 Å². The van der Waals surface area contributed by atoms with E-state index in [1.54, 1.807) is 12.1 Å². The fourth-order valence-electron chi connectivity index (χ4n) is 4.67. The first kappa shape index (κ1) is 15.4. The molecule has 0 radical (unpaired) electrons. The summed E-state index contributed by atoms with van der Waals surface area (Å²) < 4.78 is 5.67. The van der Waals surface area contributed by atoms with Crippen LogP contribution in [0.1, 0.15) is 48.7 Å². The van der Waals surface area contributed by atoms with Gasteiger partial charge < -0.3 is 9.73 Å². The van der Waals surface area contributed by atoms with E-state index in [2.05, 4.69) is 12.2 Å². The summed E-state index contributed by atoms with van der Waals surface area (Å²) in [7, 11) is 0. The first-order valence-corrected chi connectivity index (χ1v) is 8.86. The number of hydrogen-bond donors (Lipinski definition) is 1. The summed E-state index contributed by atoms with van der Waals surface area (Å²) in [6, 6.07) is 6.85. The van der Waals surface area contributed by atoms with Crippen LogP contribution in [0.25, 0.3) is 11.0 Å². The number of nitrogens with one attached hydrogen (secondary N) is 1. The van der Waals surface area contributed by atoms with Crippen LogP contribution < -0.4 is 10.7 Å². The minimum Gasteiger partial charge on any atom is -0.451 e. The van der Waals surface area contributed by atoms with E-state index in [-0.39, 0.29) is 23.1 Å². The van der Waals surface area contributed by atoms with Crippen molar-refractivity contribution in [1.29, 1.82) is 0 Å². The number of benzene rings is 1. The number of hydrogen-bond acceptors (Lipinski definition) is 3. The highest BCUT2D eigenvalue weighted by Crippen LogP contribution is 2.49. The molecule has 2 aliphatic carbocycles. The Hall–Kier alpha value is -2.10. The van der Waals surface area contributed by atoms with Gasteiger partial charge in [0.1, 0.15) is 5.58 Å². The maximum absolute atomic E-state index is 12.5. The summed E-state index contributed by atoms with van der Waals surface area (Å²) >= 11 is 0. The molecular formula is C20H23NO3. The lowest BCUT2D eigenvalue weighted by Crippen LogP contribution is -2.40. The molecule has 1 aromatic heterocycles. The SMILES string of the molecule is Cc1ccc2oc(C(=O)NC(C)C3CC4CCC3C4)cc(=O)c2c1. The highest BCUT2D eigenvalue weighted by molar-refractivity contribution is 5.93. The molecule has 1 N–H and O–H groups in total. The van der Waals surface area contributed by atoms with E-state index < -0.39 is 0 Å². The summed E-state index contributed by atoms with van der Waals surface area (Å²) in [5, 5.41) is 3.58. The Morgan fingerprint density at radius 3 is 2.79 bits per heavy atom. The number of carbonyl (C=O) groups excluding carboxylic acids is 1. The Morgan fingerprint density at radius 2 is 2.08 bits per heavy atom. The molecule has 4 heteroatoms. The van der Waals surface area contributed by atoms with Gasteiger partial charge in [-0.25, -0.2) is 0 Å². The third-order valence-electron chi connectivity index (χ3n) is 5.90. The van der Waals surface area contributed by atoms with Gasteiger partial charge in [0.15, 0.2) is 11.2 Å². The van der Waals surface area contributed by atoms with E-state index in [0.29, 0.717) is 16.9 Å². The Morgan fingerprint density at radius 1 is 1.25 bits per heavy atom. The Labute approximate surface area is 141 Å². The quantitative estimate of drug-likeness (QED) is 0.937. The van der Waals surface area contributed by atoms with Crippen LogP contribution in [0.15, 0.2) is 33.5 Å². The minimum atomic E-state index is -0.287. The van der Waals surface area contributed by atoms with Crippen LogP contribution >= 0.6 is 0 Å². The van der Waals surface area contributed by atoms with Crippen molar-refractivity contribution in [3.63, 3.8) is 0 Å². The third kappa shape index (κ3) is 2.64. The maximum atomic E-state index is 12.5. The molecule has 24 heavy (non-hydrogen) atoms. The van der Waals surface area contributed by atoms with Gasteiger partial charge in [0.2, 0.25) is 0 Å². The van der Waals surface area contributed by atoms with Crippen molar-refractivity contribution in [1.82, 2.24) is 5.32 Å². The van der Waals surface area contributed by atoms with Gasteiger partial charge >= 0.3 is 0 Å². The predicted octanol–water partition coefficient (Wildman–Crippen LogP) is 3.66. The zero-order chi connectivity index (χ0) is 16.8. The molecule has 2 saturated carbocycles. The van der Waals surface area contributed by atoms with Crippen LogP contribution in [-0.4, -0.2) is 11.9 Å². The predicted molar refractivity (Wildman–Crippen MR) is 93.1 cm³/mol. The van der Waals surface area contributed by atoms with Crippen molar-refractivity contribution < 1.29 is 9.21 Å². The molecule has 1 aromatic carbocycles. The molecule has 2 aromatic rings. The first-order chi connectivity index (χ1) is 11.5. The molecule has 1 amide bonds. The number of rotatable bonds is 3. The largest absolute Gasteiger partial charge is 0.451 e. The average Bonchev–Trinajstić information content (AvgIpc) is 3.18. The first-order valence-electron chi connectivity index (χ1n) is 8.86. The van der Waals surface area contributed by atoms with Gasteiger partial charge in [-0.2, -0.15) is 0 Å². The molecule has 0 saturated heterocycles. The lowest BCUT2D eigenvalue weighted by atomic mass is 9.84. The summed E-state index contributed by atoms with van der Waals surface area (Å²) in [5.41, 5.74) is 1.29. The summed E-state index contributed by atoms with van der Waals surface area (Å²) in [6.07, 6.45) is 5.17. The van der Waals surface area contributed by atoms with E-state index >= 15 is 0 Å². The lowest BCUT2D eigenvalue weighted by molar-refractivity contribution is 0.0887. The Kier molecular flexibility index (Phi) is 3.70. The Bertz CT molecular complexity index is 854. The second-order valence-corrected chi connectivity index (χ2v) is 7.58. The van der Waals surface area contributed by atoms with E-state index in [1.165, 1.54) is 31.7 Å². The van der Waals surface area contributed by atoms with E-state index in [1.807, 2.05) is 13.0 Å². The van der Waals surface area contributed by atoms with Gasteiger partial charge in [0.05, 0.1) is 5.39 Å². The molecule has 4 rings (SSSR count). The number of fused-ring (bicyclic) bond motifs is 3. The van der Waals surface area contributed by atoms with Gasteiger partial charge in [0, 0.05) is 12.1 Å². The van der Waals surface area contributed by atoms with Crippen molar-refractivity contribution in [3.05, 3.63) is 45.8 Å². The van der Waals surface area contributed by atoms with Crippen molar-refractivity contribution in [2.75, 3.05) is 0 Å². The smallest absolute Gasteiger partial charge is 0.287 e. The standard InChI is InChI=1S/C20H23NO3/c1-11-3-6-18-16(7-11)17(22)10-19(24-18)20(23)21-12(2)15-9-13-4-5-14(15)8-13/h3,6-7,10,12-15H,4-5,8-9H2,1-2H3,(H,21,23). The zero-order valence-electron chi connectivity index (χ0n) is 14.2. The monoisotopic (exact) mass is 325 g/mol. The molecule has 4 unspecified atom stereocenters. The van der Waals surface area contributed by atoms with Gasteiger partial charge in [-0.15, -0.1) is 0 Å². The molecule has 2 bridgehead atoms. The number of amides is 1. The molecule has 0 aliphatic heterocycles. The molecule has 4 atom stereocenters. The van der Waals surface area contributed by atoms with Crippen LogP contribution in [-0.2, 0) is 0 Å². The van der Waals surface area contributed by atoms with Gasteiger partial charge in [0.25, 0.3) is 5.91 Å². The summed E-state index contributed by atoms with van der Waals surface area (Å²) in [4.78, 5) is 24.8. The second kappa shape index (κ2) is 5.76. The maximum Gasteiger partial charge on any atom is 0.287 e. The van der Waals surface area contributed by atoms with E-state index in [9.17, 15) is 9.59 Å². The summed E-state index contributed by atoms with van der Waals surface area (Å²) in [5.74, 6) is 1.97. The minimum absolute atomic E-state index is 0.103. The molecule has 1 heterocycles.